The third-order valence-corrected chi connectivity index (χ3v) is 5.25. The monoisotopic (exact) mass is 415 g/mol. The number of rotatable bonds is 4. The molecule has 0 fully saturated rings. The zero-order valence-corrected chi connectivity index (χ0v) is 17.0. The molecule has 0 atom stereocenters. The number of fused-ring (bicyclic) bond motifs is 2. The summed E-state index contributed by atoms with van der Waals surface area (Å²) in [5.41, 5.74) is 4.31. The number of hydrogen-bond donors (Lipinski definition) is 0. The molecular formula is C25H21NO5. The molecule has 3 aromatic carbocycles. The van der Waals surface area contributed by atoms with E-state index in [9.17, 15) is 14.4 Å². The Morgan fingerprint density at radius 3 is 1.74 bits per heavy atom. The van der Waals surface area contributed by atoms with E-state index in [0.29, 0.717) is 5.56 Å². The van der Waals surface area contributed by atoms with Crippen LogP contribution in [0, 0.1) is 0 Å². The highest BCUT2D eigenvalue weighted by Gasteiger charge is 2.26. The Kier molecular flexibility index (Phi) is 5.80. The Labute approximate surface area is 180 Å². The maximum Gasteiger partial charge on any atom is 0.338 e. The molecule has 0 saturated heterocycles. The minimum absolute atomic E-state index is 0.247. The maximum absolute atomic E-state index is 13.2. The van der Waals surface area contributed by atoms with E-state index in [2.05, 4.69) is 4.74 Å². The molecule has 0 unspecified atom stereocenters. The molecular weight excluding hydrogens is 394 g/mol. The molecule has 0 radical (unpaired) electrons. The predicted molar refractivity (Wildman–Crippen MR) is 116 cm³/mol. The fraction of sp³-hybridized carbons (Fsp3) is 0.160. The summed E-state index contributed by atoms with van der Waals surface area (Å²) in [6, 6.07) is 21.4. The molecule has 0 N–H and O–H groups in total. The van der Waals surface area contributed by atoms with Gasteiger partial charge < -0.3 is 9.47 Å². The van der Waals surface area contributed by atoms with E-state index < -0.39 is 18.5 Å². The Hall–Kier alpha value is -3.93. The van der Waals surface area contributed by atoms with E-state index in [1.165, 1.54) is 31.4 Å². The number of hydrogen-bond acceptors (Lipinski definition) is 5. The number of carbonyl (C=O) groups is 3. The van der Waals surface area contributed by atoms with Crippen molar-refractivity contribution < 1.29 is 23.9 Å². The molecule has 0 aliphatic carbocycles. The van der Waals surface area contributed by atoms with Crippen LogP contribution < -0.4 is 4.90 Å². The van der Waals surface area contributed by atoms with Gasteiger partial charge in [0.05, 0.1) is 29.6 Å². The number of aryl methyl sites for hydroxylation is 2. The first-order valence-electron chi connectivity index (χ1n) is 9.93. The zero-order chi connectivity index (χ0) is 21.8. The highest BCUT2D eigenvalue weighted by atomic mass is 16.5. The minimum Gasteiger partial charge on any atom is -0.465 e. The Morgan fingerprint density at radius 1 is 0.742 bits per heavy atom. The minimum atomic E-state index is -0.638. The van der Waals surface area contributed by atoms with E-state index in [1.54, 1.807) is 4.90 Å². The molecule has 1 amide bonds. The topological polar surface area (TPSA) is 72.9 Å². The van der Waals surface area contributed by atoms with Crippen molar-refractivity contribution in [3.8, 4) is 0 Å². The molecule has 0 spiro atoms. The number of nitrogens with zero attached hydrogens (tertiary/aromatic N) is 1. The van der Waals surface area contributed by atoms with Gasteiger partial charge in [-0.15, -0.1) is 0 Å². The summed E-state index contributed by atoms with van der Waals surface area (Å²) in [5.74, 6) is -1.46. The lowest BCUT2D eigenvalue weighted by Crippen LogP contribution is -2.31. The van der Waals surface area contributed by atoms with Crippen LogP contribution in [0.15, 0.2) is 72.8 Å². The molecule has 6 heteroatoms. The predicted octanol–water partition coefficient (Wildman–Crippen LogP) is 4.09. The van der Waals surface area contributed by atoms with Crippen molar-refractivity contribution in [3.05, 3.63) is 95.1 Å². The Bertz CT molecular complexity index is 1090. The van der Waals surface area contributed by atoms with Gasteiger partial charge in [0.25, 0.3) is 5.91 Å². The van der Waals surface area contributed by atoms with Crippen molar-refractivity contribution in [1.82, 2.24) is 0 Å². The number of para-hydroxylation sites is 2. The summed E-state index contributed by atoms with van der Waals surface area (Å²) >= 11 is 0. The molecule has 156 valence electrons. The number of ether oxygens (including phenoxy) is 2. The van der Waals surface area contributed by atoms with Gasteiger partial charge in [0.1, 0.15) is 0 Å². The molecule has 6 nitrogen and oxygen atoms in total. The Balaban J connectivity index is 1.53. The molecule has 0 saturated carbocycles. The van der Waals surface area contributed by atoms with E-state index in [4.69, 9.17) is 4.74 Å². The fourth-order valence-corrected chi connectivity index (χ4v) is 3.68. The number of carbonyl (C=O) groups excluding carboxylic acids is 3. The van der Waals surface area contributed by atoms with E-state index in [-0.39, 0.29) is 11.5 Å². The van der Waals surface area contributed by atoms with Crippen molar-refractivity contribution in [3.63, 3.8) is 0 Å². The Morgan fingerprint density at radius 2 is 1.23 bits per heavy atom. The van der Waals surface area contributed by atoms with Crippen molar-refractivity contribution in [1.29, 1.82) is 0 Å². The van der Waals surface area contributed by atoms with Crippen LogP contribution in [0.2, 0.25) is 0 Å². The first-order chi connectivity index (χ1) is 15.1. The third-order valence-electron chi connectivity index (χ3n) is 5.25. The van der Waals surface area contributed by atoms with Crippen LogP contribution in [0.25, 0.3) is 0 Å². The second kappa shape index (κ2) is 8.83. The standard InChI is InChI=1S/C25H21NO5/c1-30-24(28)19-12-14-20(15-13-19)25(29)31-16-23(27)26-21-8-4-2-6-17(21)10-11-18-7-3-5-9-22(18)26/h2-9,12-15H,10-11,16H2,1H3. The van der Waals surface area contributed by atoms with Crippen molar-refractivity contribution >= 4 is 29.2 Å². The van der Waals surface area contributed by atoms with Crippen LogP contribution in [-0.4, -0.2) is 31.6 Å². The lowest BCUT2D eigenvalue weighted by Gasteiger charge is -2.24. The quantitative estimate of drug-likeness (QED) is 0.600. The molecule has 1 heterocycles. The molecule has 4 rings (SSSR count). The van der Waals surface area contributed by atoms with Crippen LogP contribution in [0.1, 0.15) is 31.8 Å². The first-order valence-corrected chi connectivity index (χ1v) is 9.93. The smallest absolute Gasteiger partial charge is 0.338 e. The largest absolute Gasteiger partial charge is 0.465 e. The highest BCUT2D eigenvalue weighted by molar-refractivity contribution is 6.04. The average Bonchev–Trinajstić information content (AvgIpc) is 2.99. The number of esters is 2. The summed E-state index contributed by atoms with van der Waals surface area (Å²) in [4.78, 5) is 38.8. The first kappa shape index (κ1) is 20.3. The van der Waals surface area contributed by atoms with Crippen molar-refractivity contribution in [2.45, 2.75) is 12.8 Å². The summed E-state index contributed by atoms with van der Waals surface area (Å²) in [6.45, 7) is -0.403. The maximum atomic E-state index is 13.2. The van der Waals surface area contributed by atoms with Crippen LogP contribution in [0.5, 0.6) is 0 Å². The average molecular weight is 415 g/mol. The SMILES string of the molecule is COC(=O)c1ccc(C(=O)OCC(=O)N2c3ccccc3CCc3ccccc32)cc1. The normalized spacial score (nSPS) is 12.2. The van der Waals surface area contributed by atoms with Crippen LogP contribution in [0.4, 0.5) is 11.4 Å². The van der Waals surface area contributed by atoms with Gasteiger partial charge in [-0.2, -0.15) is 0 Å². The molecule has 1 aliphatic rings. The lowest BCUT2D eigenvalue weighted by molar-refractivity contribution is -0.120. The van der Waals surface area contributed by atoms with Crippen molar-refractivity contribution in [2.24, 2.45) is 0 Å². The van der Waals surface area contributed by atoms with E-state index >= 15 is 0 Å². The van der Waals surface area contributed by atoms with Gasteiger partial charge in [-0.3, -0.25) is 9.69 Å². The second-order valence-electron chi connectivity index (χ2n) is 7.13. The summed E-state index contributed by atoms with van der Waals surface area (Å²) < 4.78 is 9.94. The molecule has 31 heavy (non-hydrogen) atoms. The van der Waals surface area contributed by atoms with E-state index in [1.807, 2.05) is 48.5 Å². The fourth-order valence-electron chi connectivity index (χ4n) is 3.68. The summed E-state index contributed by atoms with van der Waals surface area (Å²) in [6.07, 6.45) is 1.65. The zero-order valence-electron chi connectivity index (χ0n) is 17.0. The van der Waals surface area contributed by atoms with E-state index in [0.717, 1.165) is 35.3 Å². The van der Waals surface area contributed by atoms with Crippen LogP contribution in [-0.2, 0) is 27.1 Å². The molecule has 0 bridgehead atoms. The molecule has 0 aromatic heterocycles. The summed E-state index contributed by atoms with van der Waals surface area (Å²) in [5, 5.41) is 0. The second-order valence-corrected chi connectivity index (χ2v) is 7.13. The molecule has 3 aromatic rings. The van der Waals surface area contributed by atoms with Gasteiger partial charge in [-0.05, 0) is 60.4 Å². The highest BCUT2D eigenvalue weighted by Crippen LogP contribution is 2.36. The third kappa shape index (κ3) is 4.19. The van der Waals surface area contributed by atoms with Gasteiger partial charge in [-0.25, -0.2) is 9.59 Å². The van der Waals surface area contributed by atoms with Crippen LogP contribution >= 0.6 is 0 Å². The van der Waals surface area contributed by atoms with Gasteiger partial charge in [0.15, 0.2) is 6.61 Å². The lowest BCUT2D eigenvalue weighted by atomic mass is 10.0. The van der Waals surface area contributed by atoms with Gasteiger partial charge in [0, 0.05) is 0 Å². The number of amides is 1. The van der Waals surface area contributed by atoms with Crippen molar-refractivity contribution in [2.75, 3.05) is 18.6 Å². The number of benzene rings is 3. The van der Waals surface area contributed by atoms with Crippen LogP contribution in [0.3, 0.4) is 0 Å². The van der Waals surface area contributed by atoms with Gasteiger partial charge in [0.2, 0.25) is 0 Å². The number of anilines is 2. The number of methoxy groups -OCH3 is 1. The van der Waals surface area contributed by atoms with Gasteiger partial charge >= 0.3 is 11.9 Å². The molecule has 1 aliphatic heterocycles. The van der Waals surface area contributed by atoms with Gasteiger partial charge in [-0.1, -0.05) is 36.4 Å². The summed E-state index contributed by atoms with van der Waals surface area (Å²) in [7, 11) is 1.29.